The van der Waals surface area contributed by atoms with Crippen molar-refractivity contribution in [3.05, 3.63) is 0 Å². The highest BCUT2D eigenvalue weighted by molar-refractivity contribution is 4.89. The van der Waals surface area contributed by atoms with Crippen LogP contribution in [0.15, 0.2) is 0 Å². The Morgan fingerprint density at radius 1 is 1.78 bits per heavy atom. The van der Waals surface area contributed by atoms with Crippen LogP contribution in [0.5, 0.6) is 0 Å². The Kier molecular flexibility index (Phi) is 1.73. The molecule has 2 N–H and O–H groups in total. The van der Waals surface area contributed by atoms with Crippen molar-refractivity contribution in [1.82, 2.24) is 10.6 Å². The van der Waals surface area contributed by atoms with E-state index in [4.69, 9.17) is 0 Å². The summed E-state index contributed by atoms with van der Waals surface area (Å²) in [6, 6.07) is 0.308. The van der Waals surface area contributed by atoms with Crippen LogP contribution in [0, 0.1) is 0 Å². The van der Waals surface area contributed by atoms with E-state index in [1.807, 2.05) is 6.92 Å². The fourth-order valence-corrected chi connectivity index (χ4v) is 1.16. The highest BCUT2D eigenvalue weighted by Gasteiger charge is 2.35. The first-order valence-electron chi connectivity index (χ1n) is 3.27. The normalized spacial score (nSPS) is 43.7. The van der Waals surface area contributed by atoms with Crippen molar-refractivity contribution < 1.29 is 4.39 Å². The molecule has 0 aromatic carbocycles. The van der Waals surface area contributed by atoms with Crippen molar-refractivity contribution >= 4 is 0 Å². The molecule has 3 heteroatoms. The lowest BCUT2D eigenvalue weighted by Crippen LogP contribution is -2.39. The molecule has 0 amide bonds. The van der Waals surface area contributed by atoms with Gasteiger partial charge in [0.1, 0.15) is 0 Å². The third-order valence-corrected chi connectivity index (χ3v) is 1.81. The van der Waals surface area contributed by atoms with E-state index < -0.39 is 5.79 Å². The van der Waals surface area contributed by atoms with Crippen LogP contribution in [-0.4, -0.2) is 25.4 Å². The maximum absolute atomic E-state index is 13.1. The molecular weight excluding hydrogens is 119 g/mol. The third-order valence-electron chi connectivity index (χ3n) is 1.81. The van der Waals surface area contributed by atoms with Crippen LogP contribution < -0.4 is 10.6 Å². The van der Waals surface area contributed by atoms with Gasteiger partial charge in [-0.3, -0.25) is 5.32 Å². The monoisotopic (exact) mass is 132 g/mol. The van der Waals surface area contributed by atoms with Crippen LogP contribution in [-0.2, 0) is 0 Å². The van der Waals surface area contributed by atoms with Gasteiger partial charge in [0, 0.05) is 19.0 Å². The van der Waals surface area contributed by atoms with Crippen molar-refractivity contribution in [3.8, 4) is 0 Å². The van der Waals surface area contributed by atoms with E-state index in [9.17, 15) is 4.39 Å². The standard InChI is InChI=1S/C6H13FN2/c1-5-3-6(7,8-2)4-9-5/h5,8-9H,3-4H2,1-2H3. The zero-order valence-electron chi connectivity index (χ0n) is 5.87. The van der Waals surface area contributed by atoms with Gasteiger partial charge in [-0.2, -0.15) is 0 Å². The van der Waals surface area contributed by atoms with E-state index in [2.05, 4.69) is 10.6 Å². The molecule has 1 rings (SSSR count). The zero-order chi connectivity index (χ0) is 6.91. The number of nitrogens with one attached hydrogen (secondary N) is 2. The van der Waals surface area contributed by atoms with Crippen molar-refractivity contribution in [2.75, 3.05) is 13.6 Å². The minimum Gasteiger partial charge on any atom is -0.310 e. The topological polar surface area (TPSA) is 24.1 Å². The molecule has 0 aliphatic carbocycles. The third kappa shape index (κ3) is 1.40. The summed E-state index contributed by atoms with van der Waals surface area (Å²) in [6.07, 6.45) is 0.573. The Morgan fingerprint density at radius 3 is 2.67 bits per heavy atom. The van der Waals surface area contributed by atoms with Crippen molar-refractivity contribution in [3.63, 3.8) is 0 Å². The average molecular weight is 132 g/mol. The van der Waals surface area contributed by atoms with Gasteiger partial charge in [-0.15, -0.1) is 0 Å². The molecular formula is C6H13FN2. The summed E-state index contributed by atoms with van der Waals surface area (Å²) >= 11 is 0. The van der Waals surface area contributed by atoms with Gasteiger partial charge in [0.15, 0.2) is 5.79 Å². The number of rotatable bonds is 1. The minimum atomic E-state index is -1.15. The van der Waals surface area contributed by atoms with Crippen LogP contribution in [0.25, 0.3) is 0 Å². The predicted octanol–water partition coefficient (Wildman–Crippen LogP) is 0.253. The predicted molar refractivity (Wildman–Crippen MR) is 35.0 cm³/mol. The Hall–Kier alpha value is -0.150. The molecule has 0 radical (unpaired) electrons. The molecule has 0 aromatic heterocycles. The number of likely N-dealkylation sites (N-methyl/N-ethyl adjacent to an activating group) is 1. The summed E-state index contributed by atoms with van der Waals surface area (Å²) in [5, 5.41) is 5.66. The SMILES string of the molecule is CNC1(F)CNC(C)C1. The van der Waals surface area contributed by atoms with E-state index in [0.717, 1.165) is 0 Å². The Labute approximate surface area is 54.8 Å². The van der Waals surface area contributed by atoms with Gasteiger partial charge in [-0.25, -0.2) is 4.39 Å². The lowest BCUT2D eigenvalue weighted by Gasteiger charge is -2.15. The second kappa shape index (κ2) is 2.23. The molecule has 0 saturated carbocycles. The summed E-state index contributed by atoms with van der Waals surface area (Å²) in [4.78, 5) is 0. The molecule has 2 atom stereocenters. The Morgan fingerprint density at radius 2 is 2.44 bits per heavy atom. The number of hydrogen-bond acceptors (Lipinski definition) is 2. The molecule has 0 aromatic rings. The second-order valence-electron chi connectivity index (χ2n) is 2.70. The van der Waals surface area contributed by atoms with Crippen molar-refractivity contribution in [2.45, 2.75) is 25.2 Å². The molecule has 2 unspecified atom stereocenters. The Balaban J connectivity index is 2.45. The van der Waals surface area contributed by atoms with E-state index in [1.165, 1.54) is 0 Å². The smallest absolute Gasteiger partial charge is 0.175 e. The lowest BCUT2D eigenvalue weighted by molar-refractivity contribution is 0.150. The van der Waals surface area contributed by atoms with Gasteiger partial charge in [-0.1, -0.05) is 0 Å². The van der Waals surface area contributed by atoms with Gasteiger partial charge in [0.2, 0.25) is 0 Å². The number of halogens is 1. The minimum absolute atomic E-state index is 0.308. The lowest BCUT2D eigenvalue weighted by atomic mass is 10.1. The second-order valence-corrected chi connectivity index (χ2v) is 2.70. The van der Waals surface area contributed by atoms with Gasteiger partial charge in [0.05, 0.1) is 0 Å². The van der Waals surface area contributed by atoms with Crippen molar-refractivity contribution in [1.29, 1.82) is 0 Å². The molecule has 2 nitrogen and oxygen atoms in total. The zero-order valence-corrected chi connectivity index (χ0v) is 5.87. The van der Waals surface area contributed by atoms with Crippen molar-refractivity contribution in [2.24, 2.45) is 0 Å². The van der Waals surface area contributed by atoms with E-state index in [0.29, 0.717) is 19.0 Å². The summed E-state index contributed by atoms with van der Waals surface area (Å²) in [7, 11) is 1.65. The summed E-state index contributed by atoms with van der Waals surface area (Å²) in [5.74, 6) is -1.15. The van der Waals surface area contributed by atoms with Crippen LogP contribution in [0.4, 0.5) is 4.39 Å². The first-order chi connectivity index (χ1) is 4.16. The van der Waals surface area contributed by atoms with Gasteiger partial charge >= 0.3 is 0 Å². The summed E-state index contributed by atoms with van der Waals surface area (Å²) < 4.78 is 13.1. The number of alkyl halides is 1. The Bertz CT molecular complexity index is 107. The van der Waals surface area contributed by atoms with Gasteiger partial charge in [-0.05, 0) is 14.0 Å². The van der Waals surface area contributed by atoms with Crippen LogP contribution >= 0.6 is 0 Å². The fourth-order valence-electron chi connectivity index (χ4n) is 1.16. The molecule has 1 aliphatic rings. The maximum atomic E-state index is 13.1. The largest absolute Gasteiger partial charge is 0.310 e. The molecule has 54 valence electrons. The van der Waals surface area contributed by atoms with Crippen LogP contribution in [0.1, 0.15) is 13.3 Å². The summed E-state index contributed by atoms with van der Waals surface area (Å²) in [6.45, 7) is 2.42. The molecule has 0 spiro atoms. The summed E-state index contributed by atoms with van der Waals surface area (Å²) in [5.41, 5.74) is 0. The van der Waals surface area contributed by atoms with E-state index >= 15 is 0 Å². The maximum Gasteiger partial charge on any atom is 0.175 e. The molecule has 1 heterocycles. The highest BCUT2D eigenvalue weighted by atomic mass is 19.1. The van der Waals surface area contributed by atoms with E-state index in [-0.39, 0.29) is 0 Å². The number of hydrogen-bond donors (Lipinski definition) is 2. The highest BCUT2D eigenvalue weighted by Crippen LogP contribution is 2.19. The van der Waals surface area contributed by atoms with Gasteiger partial charge < -0.3 is 5.32 Å². The molecule has 9 heavy (non-hydrogen) atoms. The quantitative estimate of drug-likeness (QED) is 0.500. The molecule has 1 aliphatic heterocycles. The van der Waals surface area contributed by atoms with Gasteiger partial charge in [0.25, 0.3) is 0 Å². The van der Waals surface area contributed by atoms with E-state index in [1.54, 1.807) is 7.05 Å². The first kappa shape index (κ1) is 6.96. The molecule has 1 fully saturated rings. The molecule has 1 saturated heterocycles. The molecule has 0 bridgehead atoms. The van der Waals surface area contributed by atoms with Crippen LogP contribution in [0.2, 0.25) is 0 Å². The average Bonchev–Trinajstić information content (AvgIpc) is 2.13. The first-order valence-corrected chi connectivity index (χ1v) is 3.27. The van der Waals surface area contributed by atoms with Crippen LogP contribution in [0.3, 0.4) is 0 Å². The fraction of sp³-hybridized carbons (Fsp3) is 1.00.